The molecule has 0 radical (unpaired) electrons. The highest BCUT2D eigenvalue weighted by molar-refractivity contribution is 5.66. The van der Waals surface area contributed by atoms with Gasteiger partial charge in [-0.05, 0) is 26.0 Å². The molecule has 88 valence electrons. The molecular formula is C12H16FNO2. The molecule has 1 aromatic carbocycles. The summed E-state index contributed by atoms with van der Waals surface area (Å²) in [6.07, 6.45) is 0.686. The Labute approximate surface area is 94.3 Å². The van der Waals surface area contributed by atoms with E-state index in [2.05, 4.69) is 5.32 Å². The molecule has 16 heavy (non-hydrogen) atoms. The fourth-order valence-electron chi connectivity index (χ4n) is 1.49. The minimum absolute atomic E-state index is 0.102. The van der Waals surface area contributed by atoms with Crippen molar-refractivity contribution in [1.82, 2.24) is 5.32 Å². The van der Waals surface area contributed by atoms with E-state index in [1.807, 2.05) is 6.92 Å². The molecule has 4 heteroatoms. The number of carboxylic acid groups (broad SMARTS) is 1. The third-order valence-corrected chi connectivity index (χ3v) is 2.39. The van der Waals surface area contributed by atoms with Gasteiger partial charge in [-0.1, -0.05) is 18.2 Å². The Morgan fingerprint density at radius 1 is 1.50 bits per heavy atom. The molecule has 0 bridgehead atoms. The fraction of sp³-hybridized carbons (Fsp3) is 0.417. The summed E-state index contributed by atoms with van der Waals surface area (Å²) in [5.74, 6) is -1.04. The maximum absolute atomic E-state index is 13.3. The zero-order valence-corrected chi connectivity index (χ0v) is 9.24. The average molecular weight is 225 g/mol. The lowest BCUT2D eigenvalue weighted by Gasteiger charge is -2.14. The van der Waals surface area contributed by atoms with Gasteiger partial charge in [0.2, 0.25) is 0 Å². The molecule has 2 N–H and O–H groups in total. The van der Waals surface area contributed by atoms with Crippen LogP contribution in [0.3, 0.4) is 0 Å². The summed E-state index contributed by atoms with van der Waals surface area (Å²) in [4.78, 5) is 10.3. The van der Waals surface area contributed by atoms with Gasteiger partial charge in [-0.15, -0.1) is 0 Å². The SMILES string of the molecule is C[C@@H](NCCCC(=O)O)c1ccccc1F. The first-order chi connectivity index (χ1) is 7.61. The van der Waals surface area contributed by atoms with E-state index in [1.54, 1.807) is 18.2 Å². The normalized spacial score (nSPS) is 12.4. The Hall–Kier alpha value is -1.42. The van der Waals surface area contributed by atoms with Gasteiger partial charge < -0.3 is 10.4 Å². The highest BCUT2D eigenvalue weighted by atomic mass is 19.1. The highest BCUT2D eigenvalue weighted by Gasteiger charge is 2.08. The van der Waals surface area contributed by atoms with Crippen molar-refractivity contribution in [2.75, 3.05) is 6.54 Å². The van der Waals surface area contributed by atoms with Crippen LogP contribution in [0.1, 0.15) is 31.4 Å². The van der Waals surface area contributed by atoms with E-state index in [-0.39, 0.29) is 18.3 Å². The number of benzene rings is 1. The zero-order valence-electron chi connectivity index (χ0n) is 9.24. The summed E-state index contributed by atoms with van der Waals surface area (Å²) in [5.41, 5.74) is 0.609. The Morgan fingerprint density at radius 3 is 2.81 bits per heavy atom. The molecule has 1 aromatic rings. The Bertz CT molecular complexity index is 355. The van der Waals surface area contributed by atoms with Crippen molar-refractivity contribution in [1.29, 1.82) is 0 Å². The molecule has 0 spiro atoms. The van der Waals surface area contributed by atoms with Crippen LogP contribution >= 0.6 is 0 Å². The highest BCUT2D eigenvalue weighted by Crippen LogP contribution is 2.15. The second kappa shape index (κ2) is 6.23. The van der Waals surface area contributed by atoms with E-state index in [0.29, 0.717) is 18.5 Å². The lowest BCUT2D eigenvalue weighted by Crippen LogP contribution is -2.21. The first kappa shape index (κ1) is 12.6. The fourth-order valence-corrected chi connectivity index (χ4v) is 1.49. The van der Waals surface area contributed by atoms with Crippen LogP contribution in [0, 0.1) is 5.82 Å². The van der Waals surface area contributed by atoms with Crippen LogP contribution in [0.4, 0.5) is 4.39 Å². The summed E-state index contributed by atoms with van der Waals surface area (Å²) in [5, 5.41) is 11.5. The molecule has 1 rings (SSSR count). The summed E-state index contributed by atoms with van der Waals surface area (Å²) in [6, 6.07) is 6.48. The Balaban J connectivity index is 2.38. The van der Waals surface area contributed by atoms with Crippen molar-refractivity contribution in [2.24, 2.45) is 0 Å². The minimum atomic E-state index is -0.805. The smallest absolute Gasteiger partial charge is 0.303 e. The van der Waals surface area contributed by atoms with Crippen LogP contribution in [0.25, 0.3) is 0 Å². The second-order valence-corrected chi connectivity index (χ2v) is 3.69. The van der Waals surface area contributed by atoms with E-state index in [4.69, 9.17) is 5.11 Å². The van der Waals surface area contributed by atoms with Crippen LogP contribution in [-0.2, 0) is 4.79 Å². The van der Waals surface area contributed by atoms with Crippen LogP contribution in [0.15, 0.2) is 24.3 Å². The van der Waals surface area contributed by atoms with Crippen LogP contribution < -0.4 is 5.32 Å². The van der Waals surface area contributed by atoms with Crippen molar-refractivity contribution >= 4 is 5.97 Å². The summed E-state index contributed by atoms with van der Waals surface area (Å²) >= 11 is 0. The van der Waals surface area contributed by atoms with Gasteiger partial charge in [0.15, 0.2) is 0 Å². The van der Waals surface area contributed by atoms with Crippen molar-refractivity contribution in [2.45, 2.75) is 25.8 Å². The van der Waals surface area contributed by atoms with Gasteiger partial charge in [-0.25, -0.2) is 4.39 Å². The molecule has 0 unspecified atom stereocenters. The van der Waals surface area contributed by atoms with Crippen LogP contribution in [0.2, 0.25) is 0 Å². The van der Waals surface area contributed by atoms with Crippen molar-refractivity contribution in [3.8, 4) is 0 Å². The molecule has 0 fully saturated rings. The van der Waals surface area contributed by atoms with Gasteiger partial charge in [0.25, 0.3) is 0 Å². The van der Waals surface area contributed by atoms with E-state index in [1.165, 1.54) is 6.07 Å². The first-order valence-electron chi connectivity index (χ1n) is 5.31. The third-order valence-electron chi connectivity index (χ3n) is 2.39. The largest absolute Gasteiger partial charge is 0.481 e. The average Bonchev–Trinajstić information content (AvgIpc) is 2.24. The number of carboxylic acids is 1. The predicted octanol–water partition coefficient (Wildman–Crippen LogP) is 2.34. The van der Waals surface area contributed by atoms with Crippen molar-refractivity contribution in [3.05, 3.63) is 35.6 Å². The quantitative estimate of drug-likeness (QED) is 0.730. The molecule has 0 saturated heterocycles. The molecule has 0 aliphatic rings. The second-order valence-electron chi connectivity index (χ2n) is 3.69. The molecule has 0 aromatic heterocycles. The van der Waals surface area contributed by atoms with Gasteiger partial charge in [0.05, 0.1) is 0 Å². The minimum Gasteiger partial charge on any atom is -0.481 e. The maximum atomic E-state index is 13.3. The summed E-state index contributed by atoms with van der Waals surface area (Å²) in [6.45, 7) is 2.43. The summed E-state index contributed by atoms with van der Waals surface area (Å²) < 4.78 is 13.3. The Kier molecular flexibility index (Phi) is 4.92. The summed E-state index contributed by atoms with van der Waals surface area (Å²) in [7, 11) is 0. The first-order valence-corrected chi connectivity index (χ1v) is 5.31. The van der Waals surface area contributed by atoms with Gasteiger partial charge in [-0.3, -0.25) is 4.79 Å². The van der Waals surface area contributed by atoms with Crippen LogP contribution in [0.5, 0.6) is 0 Å². The standard InChI is InChI=1S/C12H16FNO2/c1-9(14-8-4-7-12(15)16)10-5-2-3-6-11(10)13/h2-3,5-6,9,14H,4,7-8H2,1H3,(H,15,16)/t9-/m1/s1. The molecule has 0 saturated carbocycles. The molecule has 0 amide bonds. The van der Waals surface area contributed by atoms with E-state index in [0.717, 1.165) is 0 Å². The molecule has 3 nitrogen and oxygen atoms in total. The van der Waals surface area contributed by atoms with Gasteiger partial charge in [-0.2, -0.15) is 0 Å². The van der Waals surface area contributed by atoms with E-state index < -0.39 is 5.97 Å². The van der Waals surface area contributed by atoms with Gasteiger partial charge in [0.1, 0.15) is 5.82 Å². The van der Waals surface area contributed by atoms with E-state index >= 15 is 0 Å². The van der Waals surface area contributed by atoms with Crippen molar-refractivity contribution < 1.29 is 14.3 Å². The number of nitrogens with one attached hydrogen (secondary N) is 1. The monoisotopic (exact) mass is 225 g/mol. The van der Waals surface area contributed by atoms with Crippen molar-refractivity contribution in [3.63, 3.8) is 0 Å². The van der Waals surface area contributed by atoms with E-state index in [9.17, 15) is 9.18 Å². The van der Waals surface area contributed by atoms with Crippen LogP contribution in [-0.4, -0.2) is 17.6 Å². The number of halogens is 1. The number of aliphatic carboxylic acids is 1. The number of hydrogen-bond acceptors (Lipinski definition) is 2. The zero-order chi connectivity index (χ0) is 12.0. The van der Waals surface area contributed by atoms with Gasteiger partial charge in [0, 0.05) is 18.0 Å². The lowest BCUT2D eigenvalue weighted by atomic mass is 10.1. The van der Waals surface area contributed by atoms with Gasteiger partial charge >= 0.3 is 5.97 Å². The number of hydrogen-bond donors (Lipinski definition) is 2. The molecule has 0 aliphatic carbocycles. The third kappa shape index (κ3) is 3.98. The number of carbonyl (C=O) groups is 1. The number of rotatable bonds is 6. The molecule has 1 atom stereocenters. The Morgan fingerprint density at radius 2 is 2.19 bits per heavy atom. The maximum Gasteiger partial charge on any atom is 0.303 e. The molecule has 0 heterocycles. The lowest BCUT2D eigenvalue weighted by molar-refractivity contribution is -0.137. The topological polar surface area (TPSA) is 49.3 Å². The molecular weight excluding hydrogens is 209 g/mol. The molecule has 0 aliphatic heterocycles. The predicted molar refractivity (Wildman–Crippen MR) is 59.7 cm³/mol.